The number of carbonyl (C=O) groups excluding carboxylic acids is 1. The maximum atomic E-state index is 13.4. The Kier molecular flexibility index (Phi) is 7.65. The molecule has 204 valence electrons. The summed E-state index contributed by atoms with van der Waals surface area (Å²) in [5, 5.41) is 8.28. The number of hydrogen-bond donors (Lipinski definition) is 1. The maximum absolute atomic E-state index is 13.4. The number of aryl methyl sites for hydroxylation is 1. The molecule has 5 rings (SSSR count). The Morgan fingerprint density at radius 3 is 2.39 bits per heavy atom. The van der Waals surface area contributed by atoms with E-state index in [0.29, 0.717) is 26.2 Å². The van der Waals surface area contributed by atoms with Crippen LogP contribution in [0.15, 0.2) is 59.5 Å². The number of hydrogen-bond acceptors (Lipinski definition) is 7. The number of amides is 1. The fourth-order valence-corrected chi connectivity index (χ4v) is 6.27. The van der Waals surface area contributed by atoms with Gasteiger partial charge in [0.1, 0.15) is 6.04 Å². The van der Waals surface area contributed by atoms with E-state index < -0.39 is 10.0 Å². The lowest BCUT2D eigenvalue weighted by Crippen LogP contribution is -2.55. The zero-order valence-corrected chi connectivity index (χ0v) is 23.2. The fourth-order valence-electron chi connectivity index (χ4n) is 4.98. The van der Waals surface area contributed by atoms with Crippen LogP contribution in [0.5, 0.6) is 0 Å². The van der Waals surface area contributed by atoms with Gasteiger partial charge < -0.3 is 14.7 Å². The molecule has 3 aromatic rings. The summed E-state index contributed by atoms with van der Waals surface area (Å²) in [4.78, 5) is 19.8. The minimum atomic E-state index is -3.82. The quantitative estimate of drug-likeness (QED) is 0.457. The Morgan fingerprint density at radius 1 is 0.974 bits per heavy atom. The van der Waals surface area contributed by atoms with E-state index in [0.717, 1.165) is 35.8 Å². The lowest BCUT2D eigenvalue weighted by Gasteiger charge is -2.41. The standard InChI is InChI=1S/C26H28Cl2N6O3S.2H2/c1-18(34-12-2-3-19-17-20(27)4-9-23(19)34)26(35)33-15-13-32(14-16-33)21-5-7-22(8-6-21)38(36,37)31-25-11-10-24(28)29-30-25;;/h4-11,17-18H,2-3,12-16H2,1H3,(H,30,31);2*1H/t18-;;/m0../s1. The van der Waals surface area contributed by atoms with Gasteiger partial charge in [-0.15, -0.1) is 10.2 Å². The molecule has 1 aromatic heterocycles. The van der Waals surface area contributed by atoms with Gasteiger partial charge in [-0.3, -0.25) is 9.52 Å². The topological polar surface area (TPSA) is 98.7 Å². The number of sulfonamides is 1. The normalized spacial score (nSPS) is 16.7. The van der Waals surface area contributed by atoms with Crippen molar-refractivity contribution >= 4 is 56.3 Å². The summed E-state index contributed by atoms with van der Waals surface area (Å²) in [5.41, 5.74) is 3.18. The van der Waals surface area contributed by atoms with Crippen LogP contribution in [0.3, 0.4) is 0 Å². The van der Waals surface area contributed by atoms with E-state index >= 15 is 0 Å². The van der Waals surface area contributed by atoms with Gasteiger partial charge in [-0.1, -0.05) is 23.2 Å². The zero-order valence-electron chi connectivity index (χ0n) is 20.8. The number of fused-ring (bicyclic) bond motifs is 1. The lowest BCUT2D eigenvalue weighted by atomic mass is 10.00. The zero-order chi connectivity index (χ0) is 26.9. The molecule has 0 unspecified atom stereocenters. The third-order valence-corrected chi connectivity index (χ3v) is 8.80. The second-order valence-electron chi connectivity index (χ2n) is 9.40. The number of anilines is 3. The van der Waals surface area contributed by atoms with Crippen molar-refractivity contribution in [2.45, 2.75) is 30.7 Å². The predicted octanol–water partition coefficient (Wildman–Crippen LogP) is 4.57. The number of carbonyl (C=O) groups is 1. The van der Waals surface area contributed by atoms with Crippen LogP contribution in [0.2, 0.25) is 10.2 Å². The molecule has 2 aliphatic heterocycles. The molecule has 1 saturated heterocycles. The second-order valence-corrected chi connectivity index (χ2v) is 11.9. The summed E-state index contributed by atoms with van der Waals surface area (Å²) in [7, 11) is -3.82. The summed E-state index contributed by atoms with van der Waals surface area (Å²) < 4.78 is 27.8. The second kappa shape index (κ2) is 11.0. The number of piperazine rings is 1. The smallest absolute Gasteiger partial charge is 0.263 e. The van der Waals surface area contributed by atoms with Gasteiger partial charge in [-0.2, -0.15) is 0 Å². The molecule has 1 N–H and O–H groups in total. The van der Waals surface area contributed by atoms with Crippen molar-refractivity contribution in [3.63, 3.8) is 0 Å². The molecular weight excluding hydrogens is 547 g/mol. The van der Waals surface area contributed by atoms with Crippen LogP contribution in [-0.2, 0) is 21.2 Å². The number of nitrogens with zero attached hydrogens (tertiary/aromatic N) is 5. The van der Waals surface area contributed by atoms with Gasteiger partial charge in [-0.05, 0) is 79.9 Å². The van der Waals surface area contributed by atoms with Gasteiger partial charge in [0.05, 0.1) is 4.90 Å². The number of rotatable bonds is 6. The van der Waals surface area contributed by atoms with Crippen LogP contribution in [0, 0.1) is 0 Å². The maximum Gasteiger partial charge on any atom is 0.263 e. The Balaban J connectivity index is 0.00000220. The van der Waals surface area contributed by atoms with Crippen LogP contribution in [-0.4, -0.2) is 68.2 Å². The van der Waals surface area contributed by atoms with Gasteiger partial charge in [-0.25, -0.2) is 8.42 Å². The third-order valence-electron chi connectivity index (χ3n) is 7.00. The highest BCUT2D eigenvalue weighted by molar-refractivity contribution is 7.92. The predicted molar refractivity (Wildman–Crippen MR) is 154 cm³/mol. The van der Waals surface area contributed by atoms with E-state index in [2.05, 4.69) is 24.7 Å². The number of nitrogens with one attached hydrogen (secondary N) is 1. The van der Waals surface area contributed by atoms with Crippen LogP contribution in [0.4, 0.5) is 17.2 Å². The first-order valence-electron chi connectivity index (χ1n) is 12.4. The molecule has 38 heavy (non-hydrogen) atoms. The number of halogens is 2. The Hall–Kier alpha value is -3.08. The summed E-state index contributed by atoms with van der Waals surface area (Å²) in [6.07, 6.45) is 1.96. The Bertz CT molecular complexity index is 1420. The molecule has 0 bridgehead atoms. The average Bonchev–Trinajstić information content (AvgIpc) is 2.93. The van der Waals surface area contributed by atoms with Crippen molar-refractivity contribution in [1.82, 2.24) is 15.1 Å². The molecular formula is C26H32Cl2N6O3S. The van der Waals surface area contributed by atoms with Crippen LogP contribution in [0.1, 0.15) is 21.8 Å². The van der Waals surface area contributed by atoms with Crippen molar-refractivity contribution in [3.8, 4) is 0 Å². The van der Waals surface area contributed by atoms with Crippen molar-refractivity contribution in [2.24, 2.45) is 0 Å². The molecule has 0 radical (unpaired) electrons. The molecule has 1 atom stereocenters. The highest BCUT2D eigenvalue weighted by Gasteiger charge is 2.31. The highest BCUT2D eigenvalue weighted by atomic mass is 35.5. The van der Waals surface area contributed by atoms with Gasteiger partial charge in [0.25, 0.3) is 10.0 Å². The van der Waals surface area contributed by atoms with Crippen LogP contribution in [0.25, 0.3) is 0 Å². The summed E-state index contributed by atoms with van der Waals surface area (Å²) >= 11 is 11.9. The minimum Gasteiger partial charge on any atom is -0.368 e. The molecule has 12 heteroatoms. The van der Waals surface area contributed by atoms with Crippen molar-refractivity contribution in [3.05, 3.63) is 70.3 Å². The first-order valence-corrected chi connectivity index (χ1v) is 14.7. The molecule has 0 saturated carbocycles. The van der Waals surface area contributed by atoms with Crippen molar-refractivity contribution in [1.29, 1.82) is 0 Å². The van der Waals surface area contributed by atoms with Crippen molar-refractivity contribution < 1.29 is 16.1 Å². The summed E-state index contributed by atoms with van der Waals surface area (Å²) in [5.74, 6) is 0.204. The summed E-state index contributed by atoms with van der Waals surface area (Å²) in [6.45, 7) is 5.34. The van der Waals surface area contributed by atoms with E-state index in [1.807, 2.05) is 30.0 Å². The molecule has 2 aliphatic rings. The van der Waals surface area contributed by atoms with Gasteiger partial charge in [0.2, 0.25) is 5.91 Å². The SMILES string of the molecule is C[C@@H](C(=O)N1CCN(c2ccc(S(=O)(=O)Nc3ccc(Cl)nn3)cc2)CC1)N1CCCc2cc(Cl)ccc21.[HH].[HH]. The molecule has 1 fully saturated rings. The molecule has 0 spiro atoms. The van der Waals surface area contributed by atoms with Gasteiger partial charge in [0, 0.05) is 52.0 Å². The fraction of sp³-hybridized carbons (Fsp3) is 0.346. The highest BCUT2D eigenvalue weighted by Crippen LogP contribution is 2.31. The van der Waals surface area contributed by atoms with E-state index in [1.54, 1.807) is 24.3 Å². The Morgan fingerprint density at radius 2 is 1.71 bits per heavy atom. The average molecular weight is 580 g/mol. The number of benzene rings is 2. The minimum absolute atomic E-state index is 0. The summed E-state index contributed by atoms with van der Waals surface area (Å²) in [6, 6.07) is 15.2. The monoisotopic (exact) mass is 578 g/mol. The number of aromatic nitrogens is 2. The first-order chi connectivity index (χ1) is 18.2. The molecule has 9 nitrogen and oxygen atoms in total. The largest absolute Gasteiger partial charge is 0.368 e. The lowest BCUT2D eigenvalue weighted by molar-refractivity contribution is -0.132. The van der Waals surface area contributed by atoms with Crippen LogP contribution < -0.4 is 14.5 Å². The van der Waals surface area contributed by atoms with E-state index in [4.69, 9.17) is 23.2 Å². The van der Waals surface area contributed by atoms with Gasteiger partial charge >= 0.3 is 0 Å². The van der Waals surface area contributed by atoms with Gasteiger partial charge in [0.15, 0.2) is 11.0 Å². The molecule has 3 heterocycles. The van der Waals surface area contributed by atoms with Crippen molar-refractivity contribution in [2.75, 3.05) is 47.2 Å². The third kappa shape index (κ3) is 5.67. The molecule has 0 aliphatic carbocycles. The Labute approximate surface area is 235 Å². The van der Waals surface area contributed by atoms with Crippen LogP contribution >= 0.6 is 23.2 Å². The molecule has 2 aromatic carbocycles. The van der Waals surface area contributed by atoms with E-state index in [9.17, 15) is 13.2 Å². The van der Waals surface area contributed by atoms with E-state index in [-0.39, 0.29) is 30.7 Å². The first kappa shape index (κ1) is 26.5. The molecule has 1 amide bonds. The van der Waals surface area contributed by atoms with E-state index in [1.165, 1.54) is 17.7 Å².